The number of carbonyl (C=O) groups excluding carboxylic acids is 2. The number of rotatable bonds is 4. The lowest BCUT2D eigenvalue weighted by Gasteiger charge is -2.23. The van der Waals surface area contributed by atoms with E-state index in [4.69, 9.17) is 0 Å². The van der Waals surface area contributed by atoms with E-state index in [9.17, 15) is 9.59 Å². The van der Waals surface area contributed by atoms with Crippen LogP contribution in [-0.2, 0) is 14.3 Å². The zero-order valence-corrected chi connectivity index (χ0v) is 10.2. The predicted molar refractivity (Wildman–Crippen MR) is 59.9 cm³/mol. The molecule has 0 aromatic carbocycles. The van der Waals surface area contributed by atoms with Gasteiger partial charge in [-0.15, -0.1) is 0 Å². The number of amides is 1. The summed E-state index contributed by atoms with van der Waals surface area (Å²) in [5, 5.41) is 2.94. The molecule has 1 fully saturated rings. The van der Waals surface area contributed by atoms with Gasteiger partial charge in [0.1, 0.15) is 6.04 Å². The normalized spacial score (nSPS) is 19.3. The number of hydrogen-bond donors (Lipinski definition) is 1. The fourth-order valence-electron chi connectivity index (χ4n) is 1.90. The summed E-state index contributed by atoms with van der Waals surface area (Å²) in [6.07, 6.45) is 2.15. The Kier molecular flexibility index (Phi) is 4.73. The maximum atomic E-state index is 11.9. The van der Waals surface area contributed by atoms with Crippen molar-refractivity contribution in [3.63, 3.8) is 0 Å². The van der Waals surface area contributed by atoms with E-state index < -0.39 is 6.04 Å². The van der Waals surface area contributed by atoms with Crippen LogP contribution in [0.15, 0.2) is 0 Å². The molecule has 1 N–H and O–H groups in total. The highest BCUT2D eigenvalue weighted by atomic mass is 16.5. The third-order valence-electron chi connectivity index (χ3n) is 2.84. The van der Waals surface area contributed by atoms with E-state index in [1.165, 1.54) is 7.11 Å². The van der Waals surface area contributed by atoms with E-state index in [1.54, 1.807) is 13.8 Å². The van der Waals surface area contributed by atoms with Crippen LogP contribution in [0.3, 0.4) is 0 Å². The highest BCUT2D eigenvalue weighted by molar-refractivity contribution is 5.83. The fourth-order valence-corrected chi connectivity index (χ4v) is 1.90. The van der Waals surface area contributed by atoms with Gasteiger partial charge in [-0.3, -0.25) is 14.9 Å². The molecular weight excluding hydrogens is 208 g/mol. The largest absolute Gasteiger partial charge is 0.468 e. The van der Waals surface area contributed by atoms with Crippen LogP contribution >= 0.6 is 0 Å². The molecule has 2 unspecified atom stereocenters. The van der Waals surface area contributed by atoms with Gasteiger partial charge in [0.15, 0.2) is 0 Å². The fraction of sp³-hybridized carbons (Fsp3) is 0.818. The number of carbonyl (C=O) groups is 2. The van der Waals surface area contributed by atoms with Gasteiger partial charge in [-0.25, -0.2) is 0 Å². The van der Waals surface area contributed by atoms with Crippen LogP contribution in [0.2, 0.25) is 0 Å². The molecular formula is C11H20N2O3. The van der Waals surface area contributed by atoms with Crippen LogP contribution in [0.25, 0.3) is 0 Å². The number of likely N-dealkylation sites (tertiary alicyclic amines) is 1. The summed E-state index contributed by atoms with van der Waals surface area (Å²) in [6.45, 7) is 5.13. The number of hydrogen-bond acceptors (Lipinski definition) is 4. The first-order chi connectivity index (χ1) is 7.56. The van der Waals surface area contributed by atoms with Crippen molar-refractivity contribution < 1.29 is 14.3 Å². The maximum absolute atomic E-state index is 11.9. The number of esters is 1. The van der Waals surface area contributed by atoms with Crippen molar-refractivity contribution in [1.29, 1.82) is 0 Å². The van der Waals surface area contributed by atoms with Gasteiger partial charge >= 0.3 is 5.97 Å². The van der Waals surface area contributed by atoms with Crippen LogP contribution in [0.1, 0.15) is 26.7 Å². The van der Waals surface area contributed by atoms with E-state index in [-0.39, 0.29) is 17.9 Å². The van der Waals surface area contributed by atoms with Crippen LogP contribution in [0.4, 0.5) is 0 Å². The minimum absolute atomic E-state index is 0.0632. The number of nitrogens with one attached hydrogen (secondary N) is 1. The molecule has 5 nitrogen and oxygen atoms in total. The third-order valence-corrected chi connectivity index (χ3v) is 2.84. The predicted octanol–water partition coefficient (Wildman–Crippen LogP) is 0.148. The minimum atomic E-state index is -0.452. The molecule has 0 aromatic rings. The maximum Gasteiger partial charge on any atom is 0.322 e. The molecule has 0 aromatic heterocycles. The highest BCUT2D eigenvalue weighted by Gasteiger charge is 2.25. The molecule has 1 heterocycles. The van der Waals surface area contributed by atoms with Crippen molar-refractivity contribution in [1.82, 2.24) is 10.2 Å². The SMILES string of the molecule is COC(=O)C(C)NC(C)C(=O)N1CCCC1. The lowest BCUT2D eigenvalue weighted by molar-refractivity contribution is -0.143. The highest BCUT2D eigenvalue weighted by Crippen LogP contribution is 2.09. The Bertz CT molecular complexity index is 262. The first kappa shape index (κ1) is 13.0. The van der Waals surface area contributed by atoms with Crippen molar-refractivity contribution >= 4 is 11.9 Å². The van der Waals surface area contributed by atoms with Gasteiger partial charge in [-0.2, -0.15) is 0 Å². The van der Waals surface area contributed by atoms with Crippen molar-refractivity contribution in [2.45, 2.75) is 38.8 Å². The van der Waals surface area contributed by atoms with Crippen LogP contribution in [0.5, 0.6) is 0 Å². The molecule has 0 spiro atoms. The molecule has 0 radical (unpaired) electrons. The third kappa shape index (κ3) is 3.20. The van der Waals surface area contributed by atoms with Gasteiger partial charge in [-0.1, -0.05) is 0 Å². The topological polar surface area (TPSA) is 58.6 Å². The molecule has 0 bridgehead atoms. The quantitative estimate of drug-likeness (QED) is 0.696. The summed E-state index contributed by atoms with van der Waals surface area (Å²) in [7, 11) is 1.34. The Hall–Kier alpha value is -1.10. The molecule has 16 heavy (non-hydrogen) atoms. The van der Waals surface area contributed by atoms with Crippen LogP contribution in [-0.4, -0.2) is 49.1 Å². The average Bonchev–Trinajstić information content (AvgIpc) is 2.79. The number of nitrogens with zero attached hydrogens (tertiary/aromatic N) is 1. The number of methoxy groups -OCH3 is 1. The first-order valence-corrected chi connectivity index (χ1v) is 5.69. The van der Waals surface area contributed by atoms with Gasteiger partial charge in [-0.05, 0) is 26.7 Å². The molecule has 1 aliphatic heterocycles. The molecule has 0 saturated carbocycles. The van der Waals surface area contributed by atoms with E-state index in [2.05, 4.69) is 10.1 Å². The monoisotopic (exact) mass is 228 g/mol. The van der Waals surface area contributed by atoms with E-state index in [0.717, 1.165) is 25.9 Å². The van der Waals surface area contributed by atoms with Gasteiger partial charge < -0.3 is 9.64 Å². The Morgan fingerprint density at radius 1 is 1.19 bits per heavy atom. The molecule has 1 saturated heterocycles. The number of ether oxygens (including phenoxy) is 1. The molecule has 1 amide bonds. The minimum Gasteiger partial charge on any atom is -0.468 e. The zero-order valence-electron chi connectivity index (χ0n) is 10.2. The van der Waals surface area contributed by atoms with Crippen molar-refractivity contribution in [3.05, 3.63) is 0 Å². The summed E-state index contributed by atoms with van der Waals surface area (Å²) in [4.78, 5) is 24.9. The summed E-state index contributed by atoms with van der Waals surface area (Å²) >= 11 is 0. The summed E-state index contributed by atoms with van der Waals surface area (Å²) < 4.78 is 4.59. The molecule has 0 aliphatic carbocycles. The molecule has 1 aliphatic rings. The lowest BCUT2D eigenvalue weighted by atomic mass is 10.2. The Labute approximate surface area is 96.1 Å². The summed E-state index contributed by atoms with van der Waals surface area (Å²) in [5.41, 5.74) is 0. The van der Waals surface area contributed by atoms with E-state index in [0.29, 0.717) is 0 Å². The van der Waals surface area contributed by atoms with Gasteiger partial charge in [0.2, 0.25) is 5.91 Å². The zero-order chi connectivity index (χ0) is 12.1. The standard InChI is InChI=1S/C11H20N2O3/c1-8(12-9(2)11(15)16-3)10(14)13-6-4-5-7-13/h8-9,12H,4-7H2,1-3H3. The molecule has 1 rings (SSSR count). The second-order valence-electron chi connectivity index (χ2n) is 4.17. The second-order valence-corrected chi connectivity index (χ2v) is 4.17. The van der Waals surface area contributed by atoms with E-state index >= 15 is 0 Å². The van der Waals surface area contributed by atoms with Crippen molar-refractivity contribution in [2.24, 2.45) is 0 Å². The van der Waals surface area contributed by atoms with Gasteiger partial charge in [0.05, 0.1) is 13.2 Å². The van der Waals surface area contributed by atoms with Crippen LogP contribution in [0, 0.1) is 0 Å². The smallest absolute Gasteiger partial charge is 0.322 e. The lowest BCUT2D eigenvalue weighted by Crippen LogP contribution is -2.49. The Morgan fingerprint density at radius 2 is 1.75 bits per heavy atom. The Morgan fingerprint density at radius 3 is 2.25 bits per heavy atom. The second kappa shape index (κ2) is 5.84. The van der Waals surface area contributed by atoms with E-state index in [1.807, 2.05) is 4.90 Å². The van der Waals surface area contributed by atoms with Gasteiger partial charge in [0, 0.05) is 13.1 Å². The summed E-state index contributed by atoms with van der Waals surface area (Å²) in [5.74, 6) is -0.283. The van der Waals surface area contributed by atoms with Crippen molar-refractivity contribution in [2.75, 3.05) is 20.2 Å². The van der Waals surface area contributed by atoms with Crippen molar-refractivity contribution in [3.8, 4) is 0 Å². The summed E-state index contributed by atoms with van der Waals surface area (Å²) in [6, 6.07) is -0.793. The van der Waals surface area contributed by atoms with Gasteiger partial charge in [0.25, 0.3) is 0 Å². The first-order valence-electron chi connectivity index (χ1n) is 5.69. The van der Waals surface area contributed by atoms with Crippen LogP contribution < -0.4 is 5.32 Å². The molecule has 92 valence electrons. The molecule has 5 heteroatoms. The Balaban J connectivity index is 2.41. The molecule has 2 atom stereocenters. The average molecular weight is 228 g/mol.